The van der Waals surface area contributed by atoms with E-state index in [4.69, 9.17) is 11.6 Å². The van der Waals surface area contributed by atoms with Crippen molar-refractivity contribution >= 4 is 34.6 Å². The summed E-state index contributed by atoms with van der Waals surface area (Å²) in [5.74, 6) is -0.966. The molecule has 1 aromatic heterocycles. The number of benzene rings is 2. The number of hydrogen-bond acceptors (Lipinski definition) is 5. The summed E-state index contributed by atoms with van der Waals surface area (Å²) >= 11 is 6.01. The summed E-state index contributed by atoms with van der Waals surface area (Å²) in [7, 11) is 2.04. The second kappa shape index (κ2) is 8.73. The minimum atomic E-state index is -0.966. The van der Waals surface area contributed by atoms with Crippen LogP contribution in [0.4, 0.5) is 17.1 Å². The van der Waals surface area contributed by atoms with Crippen molar-refractivity contribution < 1.29 is 9.90 Å². The van der Waals surface area contributed by atoms with E-state index in [0.717, 1.165) is 29.4 Å². The van der Waals surface area contributed by atoms with E-state index >= 15 is 0 Å². The number of rotatable bonds is 6. The van der Waals surface area contributed by atoms with Gasteiger partial charge in [-0.05, 0) is 66.6 Å². The summed E-state index contributed by atoms with van der Waals surface area (Å²) in [4.78, 5) is 17.6. The quantitative estimate of drug-likeness (QED) is 0.543. The SMILES string of the molecule is CN(c1ccc(Cl)cc1)c1ccc2c(c1)CCNC2CNc1cnccc1C(=O)O. The van der Waals surface area contributed by atoms with Gasteiger partial charge in [0.2, 0.25) is 0 Å². The number of fused-ring (bicyclic) bond motifs is 1. The van der Waals surface area contributed by atoms with Crippen molar-refractivity contribution in [3.05, 3.63) is 82.6 Å². The number of aromatic carboxylic acids is 1. The molecule has 2 heterocycles. The van der Waals surface area contributed by atoms with Crippen molar-refractivity contribution in [2.24, 2.45) is 0 Å². The molecular weight excluding hydrogens is 400 g/mol. The highest BCUT2D eigenvalue weighted by atomic mass is 35.5. The number of hydrogen-bond donors (Lipinski definition) is 3. The summed E-state index contributed by atoms with van der Waals surface area (Å²) in [5, 5.41) is 16.8. The normalized spacial score (nSPS) is 15.3. The molecule has 0 spiro atoms. The third-order valence-electron chi connectivity index (χ3n) is 5.44. The molecule has 0 saturated carbocycles. The molecule has 7 heteroatoms. The van der Waals surface area contributed by atoms with Crippen molar-refractivity contribution in [3.63, 3.8) is 0 Å². The Balaban J connectivity index is 1.52. The first-order valence-corrected chi connectivity index (χ1v) is 10.2. The van der Waals surface area contributed by atoms with Crippen LogP contribution < -0.4 is 15.5 Å². The molecule has 3 aromatic rings. The lowest BCUT2D eigenvalue weighted by molar-refractivity contribution is 0.0697. The molecule has 1 aliphatic rings. The minimum Gasteiger partial charge on any atom is -0.478 e. The smallest absolute Gasteiger partial charge is 0.337 e. The van der Waals surface area contributed by atoms with Crippen molar-refractivity contribution in [2.45, 2.75) is 12.5 Å². The molecule has 0 saturated heterocycles. The zero-order valence-electron chi connectivity index (χ0n) is 16.6. The maximum absolute atomic E-state index is 11.4. The first-order chi connectivity index (χ1) is 14.5. The lowest BCUT2D eigenvalue weighted by atomic mass is 9.93. The molecule has 6 nitrogen and oxygen atoms in total. The Labute approximate surface area is 180 Å². The molecule has 0 fully saturated rings. The van der Waals surface area contributed by atoms with E-state index in [1.165, 1.54) is 23.4 Å². The molecule has 1 aliphatic heterocycles. The number of aromatic nitrogens is 1. The molecule has 1 unspecified atom stereocenters. The second-order valence-corrected chi connectivity index (χ2v) is 7.72. The largest absolute Gasteiger partial charge is 0.478 e. The second-order valence-electron chi connectivity index (χ2n) is 7.28. The topological polar surface area (TPSA) is 77.5 Å². The van der Waals surface area contributed by atoms with Crippen LogP contribution in [0.1, 0.15) is 27.5 Å². The first kappa shape index (κ1) is 20.2. The van der Waals surface area contributed by atoms with Gasteiger partial charge in [-0.25, -0.2) is 4.79 Å². The highest BCUT2D eigenvalue weighted by molar-refractivity contribution is 6.30. The van der Waals surface area contributed by atoms with E-state index < -0.39 is 5.97 Å². The number of pyridine rings is 1. The zero-order chi connectivity index (χ0) is 21.1. The summed E-state index contributed by atoms with van der Waals surface area (Å²) in [6.45, 7) is 1.44. The van der Waals surface area contributed by atoms with Gasteiger partial charge in [0, 0.05) is 42.2 Å². The Morgan fingerprint density at radius 3 is 2.77 bits per heavy atom. The van der Waals surface area contributed by atoms with Crippen molar-refractivity contribution in [1.82, 2.24) is 10.3 Å². The average molecular weight is 423 g/mol. The summed E-state index contributed by atoms with van der Waals surface area (Å²) < 4.78 is 0. The van der Waals surface area contributed by atoms with E-state index in [1.807, 2.05) is 31.3 Å². The number of carbonyl (C=O) groups is 1. The van der Waals surface area contributed by atoms with Gasteiger partial charge < -0.3 is 20.6 Å². The first-order valence-electron chi connectivity index (χ1n) is 9.79. The van der Waals surface area contributed by atoms with Gasteiger partial charge in [-0.15, -0.1) is 0 Å². The number of anilines is 3. The van der Waals surface area contributed by atoms with Crippen LogP contribution in [0.2, 0.25) is 5.02 Å². The van der Waals surface area contributed by atoms with Gasteiger partial charge in [-0.3, -0.25) is 4.98 Å². The third kappa shape index (κ3) is 4.25. The lowest BCUT2D eigenvalue weighted by Crippen LogP contribution is -2.34. The fraction of sp³-hybridized carbons (Fsp3) is 0.217. The third-order valence-corrected chi connectivity index (χ3v) is 5.69. The Bertz CT molecular complexity index is 1060. The fourth-order valence-corrected chi connectivity index (χ4v) is 3.90. The molecule has 30 heavy (non-hydrogen) atoms. The molecule has 0 bridgehead atoms. The monoisotopic (exact) mass is 422 g/mol. The van der Waals surface area contributed by atoms with Crippen LogP contribution in [0, 0.1) is 0 Å². The average Bonchev–Trinajstić information content (AvgIpc) is 2.77. The predicted octanol–water partition coefficient (Wildman–Crippen LogP) is 4.50. The molecule has 3 N–H and O–H groups in total. The Hall–Kier alpha value is -3.09. The van der Waals surface area contributed by atoms with Crippen LogP contribution >= 0.6 is 11.6 Å². The Morgan fingerprint density at radius 1 is 1.23 bits per heavy atom. The van der Waals surface area contributed by atoms with Crippen molar-refractivity contribution in [2.75, 3.05) is 30.4 Å². The van der Waals surface area contributed by atoms with Gasteiger partial charge >= 0.3 is 5.97 Å². The van der Waals surface area contributed by atoms with Gasteiger partial charge in [0.25, 0.3) is 0 Å². The molecule has 0 amide bonds. The Morgan fingerprint density at radius 2 is 2.00 bits per heavy atom. The number of carboxylic acids is 1. The van der Waals surface area contributed by atoms with Crippen molar-refractivity contribution in [1.29, 1.82) is 0 Å². The van der Waals surface area contributed by atoms with Gasteiger partial charge in [0.1, 0.15) is 0 Å². The zero-order valence-corrected chi connectivity index (χ0v) is 17.4. The Kier molecular flexibility index (Phi) is 5.88. The van der Waals surface area contributed by atoms with Crippen LogP contribution in [0.15, 0.2) is 60.9 Å². The van der Waals surface area contributed by atoms with E-state index in [-0.39, 0.29) is 11.6 Å². The maximum Gasteiger partial charge on any atom is 0.337 e. The minimum absolute atomic E-state index is 0.0884. The fourth-order valence-electron chi connectivity index (χ4n) is 3.78. The number of nitrogens with zero attached hydrogens (tertiary/aromatic N) is 2. The highest BCUT2D eigenvalue weighted by Crippen LogP contribution is 2.31. The van der Waals surface area contributed by atoms with Gasteiger partial charge in [-0.2, -0.15) is 0 Å². The lowest BCUT2D eigenvalue weighted by Gasteiger charge is -2.29. The summed E-state index contributed by atoms with van der Waals surface area (Å²) in [5.41, 5.74) is 5.46. The van der Waals surface area contributed by atoms with E-state index in [1.54, 1.807) is 6.20 Å². The molecule has 4 rings (SSSR count). The molecular formula is C23H23ClN4O2. The van der Waals surface area contributed by atoms with Gasteiger partial charge in [0.15, 0.2) is 0 Å². The maximum atomic E-state index is 11.4. The molecule has 154 valence electrons. The van der Waals surface area contributed by atoms with Gasteiger partial charge in [0.05, 0.1) is 17.4 Å². The number of halogens is 1. The number of nitrogens with one attached hydrogen (secondary N) is 2. The summed E-state index contributed by atoms with van der Waals surface area (Å²) in [6.07, 6.45) is 3.99. The predicted molar refractivity (Wildman–Crippen MR) is 120 cm³/mol. The highest BCUT2D eigenvalue weighted by Gasteiger charge is 2.21. The van der Waals surface area contributed by atoms with E-state index in [9.17, 15) is 9.90 Å². The van der Waals surface area contributed by atoms with Crippen molar-refractivity contribution in [3.8, 4) is 0 Å². The van der Waals surface area contributed by atoms with E-state index in [2.05, 4.69) is 38.7 Å². The number of carboxylic acid groups (broad SMARTS) is 1. The van der Waals surface area contributed by atoms with E-state index in [0.29, 0.717) is 12.2 Å². The van der Waals surface area contributed by atoms with Crippen LogP contribution in [0.25, 0.3) is 0 Å². The molecule has 1 atom stereocenters. The molecule has 0 aliphatic carbocycles. The van der Waals surface area contributed by atoms with Crippen LogP contribution in [-0.4, -0.2) is 36.2 Å². The summed E-state index contributed by atoms with van der Waals surface area (Å²) in [6, 6.07) is 15.9. The van der Waals surface area contributed by atoms with Crippen LogP contribution in [0.3, 0.4) is 0 Å². The molecule has 0 radical (unpaired) electrons. The molecule has 2 aromatic carbocycles. The van der Waals surface area contributed by atoms with Gasteiger partial charge in [-0.1, -0.05) is 17.7 Å². The van der Waals surface area contributed by atoms with Crippen LogP contribution in [-0.2, 0) is 6.42 Å². The standard InChI is InChI=1S/C23H23ClN4O2/c1-28(17-4-2-16(24)3-5-17)18-6-7-19-15(12-18)8-11-26-22(19)14-27-21-13-25-10-9-20(21)23(29)30/h2-7,9-10,12-13,22,26-27H,8,11,14H2,1H3,(H,29,30). The van der Waals surface area contributed by atoms with Crippen LogP contribution in [0.5, 0.6) is 0 Å².